The molecule has 4 rings (SSSR count). The summed E-state index contributed by atoms with van der Waals surface area (Å²) in [6.45, 7) is 6.68. The first-order valence-corrected chi connectivity index (χ1v) is 14.9. The van der Waals surface area contributed by atoms with Crippen LogP contribution in [0.4, 0.5) is 0 Å². The third-order valence-corrected chi connectivity index (χ3v) is 8.21. The fourth-order valence-electron chi connectivity index (χ4n) is 5.30. The van der Waals surface area contributed by atoms with Gasteiger partial charge in [0.1, 0.15) is 6.04 Å². The molecular formula is C33H40N2O2S. The van der Waals surface area contributed by atoms with Crippen molar-refractivity contribution in [3.05, 3.63) is 106 Å². The molecule has 3 aromatic carbocycles. The molecule has 1 unspecified atom stereocenters. The van der Waals surface area contributed by atoms with Crippen LogP contribution in [0.5, 0.6) is 0 Å². The highest BCUT2D eigenvalue weighted by molar-refractivity contribution is 7.99. The van der Waals surface area contributed by atoms with E-state index in [-0.39, 0.29) is 17.9 Å². The topological polar surface area (TPSA) is 49.4 Å². The number of carbonyl (C=O) groups is 2. The summed E-state index contributed by atoms with van der Waals surface area (Å²) in [5.74, 6) is 1.06. The molecule has 4 nitrogen and oxygen atoms in total. The Morgan fingerprint density at radius 1 is 0.842 bits per heavy atom. The third-order valence-electron chi connectivity index (χ3n) is 7.22. The van der Waals surface area contributed by atoms with Crippen LogP contribution in [0.25, 0.3) is 0 Å². The van der Waals surface area contributed by atoms with Gasteiger partial charge in [-0.2, -0.15) is 0 Å². The number of benzene rings is 3. The zero-order chi connectivity index (χ0) is 26.9. The lowest BCUT2D eigenvalue weighted by Gasteiger charge is -2.32. The average Bonchev–Trinajstić information content (AvgIpc) is 3.40. The summed E-state index contributed by atoms with van der Waals surface area (Å²) in [6.07, 6.45) is 4.83. The van der Waals surface area contributed by atoms with E-state index in [2.05, 4.69) is 68.6 Å². The van der Waals surface area contributed by atoms with Crippen molar-refractivity contribution in [1.82, 2.24) is 10.2 Å². The highest BCUT2D eigenvalue weighted by atomic mass is 32.2. The van der Waals surface area contributed by atoms with E-state index in [0.29, 0.717) is 18.7 Å². The average molecular weight is 529 g/mol. The molecule has 5 heteroatoms. The molecule has 1 atom stereocenters. The molecule has 2 amide bonds. The van der Waals surface area contributed by atoms with Crippen LogP contribution in [0.1, 0.15) is 59.1 Å². The monoisotopic (exact) mass is 528 g/mol. The minimum absolute atomic E-state index is 0.00227. The van der Waals surface area contributed by atoms with Crippen molar-refractivity contribution in [2.75, 3.05) is 5.75 Å². The number of hydrogen-bond donors (Lipinski definition) is 1. The van der Waals surface area contributed by atoms with Gasteiger partial charge in [0, 0.05) is 24.8 Å². The predicted molar refractivity (Wildman–Crippen MR) is 158 cm³/mol. The van der Waals surface area contributed by atoms with Crippen molar-refractivity contribution >= 4 is 23.6 Å². The number of amides is 2. The molecule has 0 saturated heterocycles. The molecule has 0 radical (unpaired) electrons. The molecule has 0 aliphatic heterocycles. The smallest absolute Gasteiger partial charge is 0.243 e. The molecule has 1 saturated carbocycles. The number of thioether (sulfide) groups is 1. The first-order valence-electron chi connectivity index (χ1n) is 13.7. The molecule has 3 aromatic rings. The van der Waals surface area contributed by atoms with Gasteiger partial charge in [-0.05, 0) is 50.3 Å². The van der Waals surface area contributed by atoms with Gasteiger partial charge in [0.05, 0.1) is 5.75 Å². The van der Waals surface area contributed by atoms with Gasteiger partial charge >= 0.3 is 0 Å². The van der Waals surface area contributed by atoms with E-state index in [1.807, 2.05) is 35.2 Å². The number of nitrogens with zero attached hydrogens (tertiary/aromatic N) is 1. The molecule has 0 aromatic heterocycles. The maximum atomic E-state index is 13.8. The number of carbonyl (C=O) groups excluding carboxylic acids is 2. The zero-order valence-electron chi connectivity index (χ0n) is 22.9. The van der Waals surface area contributed by atoms with Gasteiger partial charge in [-0.25, -0.2) is 0 Å². The Hall–Kier alpha value is -3.05. The fraction of sp³-hybridized carbons (Fsp3) is 0.394. The van der Waals surface area contributed by atoms with E-state index in [0.717, 1.165) is 42.6 Å². The summed E-state index contributed by atoms with van der Waals surface area (Å²) in [5.41, 5.74) is 6.97. The molecule has 38 heavy (non-hydrogen) atoms. The van der Waals surface area contributed by atoms with E-state index in [9.17, 15) is 9.59 Å². The van der Waals surface area contributed by atoms with Crippen LogP contribution in [0.2, 0.25) is 0 Å². The molecule has 1 aliphatic carbocycles. The Morgan fingerprint density at radius 3 is 2.16 bits per heavy atom. The maximum absolute atomic E-state index is 13.8. The second-order valence-electron chi connectivity index (χ2n) is 10.7. The Morgan fingerprint density at radius 2 is 1.50 bits per heavy atom. The lowest BCUT2D eigenvalue weighted by Crippen LogP contribution is -2.52. The molecule has 0 heterocycles. The second kappa shape index (κ2) is 13.7. The molecule has 1 fully saturated rings. The first kappa shape index (κ1) is 28.0. The number of hydrogen-bond acceptors (Lipinski definition) is 3. The Balaban J connectivity index is 1.56. The van der Waals surface area contributed by atoms with Crippen LogP contribution in [-0.4, -0.2) is 34.6 Å². The van der Waals surface area contributed by atoms with Gasteiger partial charge in [-0.15, -0.1) is 11.8 Å². The summed E-state index contributed by atoms with van der Waals surface area (Å²) in [5, 5.41) is 3.28. The standard InChI is InChI=1S/C33H40N2O2S/c1-24-13-15-28(16-14-24)21-35(32(36)23-38-22-29-18-25(2)17-26(3)19-29)31(20-27-9-5-4-6-10-27)33(37)34-30-11-7-8-12-30/h4-6,9-10,13-19,30-31H,7-8,11-12,20-23H2,1-3H3,(H,34,37). The summed E-state index contributed by atoms with van der Waals surface area (Å²) in [6, 6.07) is 24.5. The van der Waals surface area contributed by atoms with Gasteiger partial charge in [0.15, 0.2) is 0 Å². The van der Waals surface area contributed by atoms with Gasteiger partial charge < -0.3 is 10.2 Å². The third kappa shape index (κ3) is 8.22. The largest absolute Gasteiger partial charge is 0.352 e. The van der Waals surface area contributed by atoms with E-state index < -0.39 is 6.04 Å². The predicted octanol–water partition coefficient (Wildman–Crippen LogP) is 6.54. The van der Waals surface area contributed by atoms with Crippen LogP contribution in [0.3, 0.4) is 0 Å². The first-order chi connectivity index (χ1) is 18.4. The van der Waals surface area contributed by atoms with Crippen molar-refractivity contribution in [3.8, 4) is 0 Å². The molecular weight excluding hydrogens is 488 g/mol. The summed E-state index contributed by atoms with van der Waals surface area (Å²) in [7, 11) is 0. The normalized spacial score (nSPS) is 14.3. The van der Waals surface area contributed by atoms with Crippen LogP contribution in [0.15, 0.2) is 72.8 Å². The molecule has 0 bridgehead atoms. The van der Waals surface area contributed by atoms with Crippen molar-refractivity contribution in [2.24, 2.45) is 0 Å². The minimum Gasteiger partial charge on any atom is -0.352 e. The molecule has 1 aliphatic rings. The summed E-state index contributed by atoms with van der Waals surface area (Å²) in [4.78, 5) is 29.4. The Labute approximate surface area is 232 Å². The maximum Gasteiger partial charge on any atom is 0.243 e. The number of rotatable bonds is 11. The minimum atomic E-state index is -0.561. The summed E-state index contributed by atoms with van der Waals surface area (Å²) < 4.78 is 0. The highest BCUT2D eigenvalue weighted by Crippen LogP contribution is 2.22. The van der Waals surface area contributed by atoms with Crippen LogP contribution < -0.4 is 5.32 Å². The quantitative estimate of drug-likeness (QED) is 0.307. The number of aryl methyl sites for hydroxylation is 3. The highest BCUT2D eigenvalue weighted by Gasteiger charge is 2.32. The van der Waals surface area contributed by atoms with Crippen LogP contribution >= 0.6 is 11.8 Å². The van der Waals surface area contributed by atoms with Gasteiger partial charge in [0.2, 0.25) is 11.8 Å². The Kier molecular flexibility index (Phi) is 10.1. The molecule has 200 valence electrons. The van der Waals surface area contributed by atoms with E-state index >= 15 is 0 Å². The van der Waals surface area contributed by atoms with E-state index in [1.165, 1.54) is 22.3 Å². The second-order valence-corrected chi connectivity index (χ2v) is 11.7. The van der Waals surface area contributed by atoms with Gasteiger partial charge in [-0.1, -0.05) is 102 Å². The van der Waals surface area contributed by atoms with Crippen molar-refractivity contribution in [1.29, 1.82) is 0 Å². The van der Waals surface area contributed by atoms with E-state index in [4.69, 9.17) is 0 Å². The Bertz CT molecular complexity index is 1180. The van der Waals surface area contributed by atoms with Crippen LogP contribution in [0, 0.1) is 20.8 Å². The number of nitrogens with one attached hydrogen (secondary N) is 1. The van der Waals surface area contributed by atoms with E-state index in [1.54, 1.807) is 11.8 Å². The van der Waals surface area contributed by atoms with Gasteiger partial charge in [0.25, 0.3) is 0 Å². The van der Waals surface area contributed by atoms with Crippen LogP contribution in [-0.2, 0) is 28.3 Å². The molecule has 1 N–H and O–H groups in total. The molecule has 0 spiro atoms. The van der Waals surface area contributed by atoms with Crippen molar-refractivity contribution in [2.45, 2.75) is 77.3 Å². The SMILES string of the molecule is Cc1ccc(CN(C(=O)CSCc2cc(C)cc(C)c2)C(Cc2ccccc2)C(=O)NC2CCCC2)cc1. The fourth-order valence-corrected chi connectivity index (χ4v) is 6.15. The summed E-state index contributed by atoms with van der Waals surface area (Å²) >= 11 is 1.62. The van der Waals surface area contributed by atoms with Crippen molar-refractivity contribution < 1.29 is 9.59 Å². The zero-order valence-corrected chi connectivity index (χ0v) is 23.7. The van der Waals surface area contributed by atoms with Crippen molar-refractivity contribution in [3.63, 3.8) is 0 Å². The lowest BCUT2D eigenvalue weighted by atomic mass is 10.0. The van der Waals surface area contributed by atoms with Gasteiger partial charge in [-0.3, -0.25) is 9.59 Å². The lowest BCUT2D eigenvalue weighted by molar-refractivity contribution is -0.139.